The number of hydrogen-bond acceptors (Lipinski definition) is 4. The van der Waals surface area contributed by atoms with Crippen molar-refractivity contribution >= 4 is 17.7 Å². The van der Waals surface area contributed by atoms with E-state index in [2.05, 4.69) is 16.0 Å². The van der Waals surface area contributed by atoms with Gasteiger partial charge in [-0.2, -0.15) is 0 Å². The van der Waals surface area contributed by atoms with Crippen LogP contribution >= 0.6 is 0 Å². The molecule has 2 rings (SSSR count). The maximum Gasteiger partial charge on any atom is 0.242 e. The monoisotopic (exact) mass is 394 g/mol. The van der Waals surface area contributed by atoms with Gasteiger partial charge in [-0.05, 0) is 71.4 Å². The Kier molecular flexibility index (Phi) is 9.75. The largest absolute Gasteiger partial charge is 0.356 e. The molecule has 0 aromatic heterocycles. The molecule has 0 radical (unpaired) electrons. The molecule has 160 valence electrons. The molecule has 1 saturated heterocycles. The van der Waals surface area contributed by atoms with Gasteiger partial charge in [-0.1, -0.05) is 6.92 Å². The quantitative estimate of drug-likeness (QED) is 0.516. The highest BCUT2D eigenvalue weighted by Crippen LogP contribution is 2.32. The molecule has 1 aliphatic carbocycles. The van der Waals surface area contributed by atoms with Gasteiger partial charge >= 0.3 is 0 Å². The summed E-state index contributed by atoms with van der Waals surface area (Å²) in [5.41, 5.74) is 0. The van der Waals surface area contributed by atoms with E-state index in [1.807, 2.05) is 18.9 Å². The zero-order valence-electron chi connectivity index (χ0n) is 17.6. The van der Waals surface area contributed by atoms with E-state index >= 15 is 0 Å². The Bertz CT molecular complexity index is 518. The van der Waals surface area contributed by atoms with Crippen LogP contribution in [0, 0.1) is 11.8 Å². The molecule has 3 N–H and O–H groups in total. The minimum Gasteiger partial charge on any atom is -0.356 e. The Balaban J connectivity index is 1.85. The topological polar surface area (TPSA) is 90.5 Å². The molecule has 1 atom stereocenters. The van der Waals surface area contributed by atoms with Crippen molar-refractivity contribution in [3.05, 3.63) is 0 Å². The van der Waals surface area contributed by atoms with Crippen LogP contribution in [0.1, 0.15) is 64.7 Å². The Morgan fingerprint density at radius 1 is 0.857 bits per heavy atom. The minimum absolute atomic E-state index is 0.0169. The van der Waals surface area contributed by atoms with Crippen molar-refractivity contribution in [3.63, 3.8) is 0 Å². The molecule has 0 aromatic rings. The second-order valence-electron chi connectivity index (χ2n) is 8.13. The second-order valence-corrected chi connectivity index (χ2v) is 8.13. The first-order valence-corrected chi connectivity index (χ1v) is 11.1. The molecule has 2 aliphatic rings. The van der Waals surface area contributed by atoms with Crippen LogP contribution in [0.2, 0.25) is 0 Å². The van der Waals surface area contributed by atoms with Gasteiger partial charge in [0.2, 0.25) is 17.7 Å². The number of likely N-dealkylation sites (tertiary alicyclic amines) is 1. The lowest BCUT2D eigenvalue weighted by Gasteiger charge is -2.38. The average Bonchev–Trinajstić information content (AvgIpc) is 2.74. The predicted octanol–water partition coefficient (Wildman–Crippen LogP) is 1.43. The van der Waals surface area contributed by atoms with Crippen molar-refractivity contribution in [1.29, 1.82) is 0 Å². The van der Waals surface area contributed by atoms with Crippen molar-refractivity contribution < 1.29 is 14.4 Å². The van der Waals surface area contributed by atoms with E-state index in [1.54, 1.807) is 0 Å². The molecule has 7 heteroatoms. The molecule has 1 unspecified atom stereocenters. The van der Waals surface area contributed by atoms with Crippen LogP contribution in [-0.2, 0) is 14.4 Å². The maximum absolute atomic E-state index is 13.1. The smallest absolute Gasteiger partial charge is 0.242 e. The Morgan fingerprint density at radius 2 is 1.54 bits per heavy atom. The zero-order chi connectivity index (χ0) is 20.4. The molecule has 0 bridgehead atoms. The summed E-state index contributed by atoms with van der Waals surface area (Å²) in [6, 6.07) is -0.332. The summed E-state index contributed by atoms with van der Waals surface area (Å²) in [4.78, 5) is 39.7. The number of nitrogens with one attached hydrogen (secondary N) is 3. The number of carbonyl (C=O) groups is 3. The van der Waals surface area contributed by atoms with Crippen molar-refractivity contribution in [2.24, 2.45) is 11.8 Å². The van der Waals surface area contributed by atoms with Crippen molar-refractivity contribution in [2.45, 2.75) is 70.8 Å². The second kappa shape index (κ2) is 12.0. The molecule has 1 saturated carbocycles. The van der Waals surface area contributed by atoms with Gasteiger partial charge in [0, 0.05) is 31.5 Å². The van der Waals surface area contributed by atoms with Crippen LogP contribution < -0.4 is 16.0 Å². The van der Waals surface area contributed by atoms with Gasteiger partial charge in [0.15, 0.2) is 0 Å². The molecular weight excluding hydrogens is 356 g/mol. The molecule has 28 heavy (non-hydrogen) atoms. The number of nitrogens with zero attached hydrogens (tertiary/aromatic N) is 1. The average molecular weight is 395 g/mol. The van der Waals surface area contributed by atoms with Crippen LogP contribution in [0.4, 0.5) is 0 Å². The van der Waals surface area contributed by atoms with E-state index in [1.165, 1.54) is 0 Å². The van der Waals surface area contributed by atoms with Gasteiger partial charge in [0.1, 0.15) is 6.04 Å². The third-order valence-corrected chi connectivity index (χ3v) is 5.99. The molecule has 0 spiro atoms. The molecule has 7 nitrogen and oxygen atoms in total. The first-order chi connectivity index (χ1) is 13.6. The van der Waals surface area contributed by atoms with Crippen LogP contribution in [0.25, 0.3) is 0 Å². The lowest BCUT2D eigenvalue weighted by atomic mass is 9.80. The summed E-state index contributed by atoms with van der Waals surface area (Å²) < 4.78 is 0. The van der Waals surface area contributed by atoms with E-state index in [0.717, 1.165) is 70.9 Å². The standard InChI is InChI=1S/C21H38N4O3/c1-3-12-23-19(26)16-8-10-17(11-9-16)21(28)25-15-5-4-7-18(25)20(27)24-14-6-13-22-2/h16-18,22H,3-15H2,1-2H3,(H,23,26)(H,24,27). The SMILES string of the molecule is CCCNC(=O)C1CCC(C(=O)N2CCCCC2C(=O)NCCCNC)CC1. The summed E-state index contributed by atoms with van der Waals surface area (Å²) in [5.74, 6) is 0.208. The highest BCUT2D eigenvalue weighted by Gasteiger charge is 2.37. The molecule has 1 aliphatic heterocycles. The van der Waals surface area contributed by atoms with Gasteiger partial charge in [0.25, 0.3) is 0 Å². The highest BCUT2D eigenvalue weighted by molar-refractivity contribution is 5.89. The van der Waals surface area contributed by atoms with Gasteiger partial charge in [-0.25, -0.2) is 0 Å². The van der Waals surface area contributed by atoms with E-state index in [9.17, 15) is 14.4 Å². The summed E-state index contributed by atoms with van der Waals surface area (Å²) >= 11 is 0. The first-order valence-electron chi connectivity index (χ1n) is 11.1. The van der Waals surface area contributed by atoms with E-state index < -0.39 is 0 Å². The number of amides is 3. The molecular formula is C21H38N4O3. The van der Waals surface area contributed by atoms with Gasteiger partial charge in [-0.15, -0.1) is 0 Å². The zero-order valence-corrected chi connectivity index (χ0v) is 17.6. The maximum atomic E-state index is 13.1. The Hall–Kier alpha value is -1.63. The molecule has 1 heterocycles. The van der Waals surface area contributed by atoms with E-state index in [-0.39, 0.29) is 35.6 Å². The summed E-state index contributed by atoms with van der Waals surface area (Å²) in [6.45, 7) is 4.93. The van der Waals surface area contributed by atoms with Gasteiger partial charge < -0.3 is 20.9 Å². The highest BCUT2D eigenvalue weighted by atomic mass is 16.2. The van der Waals surface area contributed by atoms with Gasteiger partial charge in [-0.3, -0.25) is 14.4 Å². The van der Waals surface area contributed by atoms with Crippen molar-refractivity contribution in [3.8, 4) is 0 Å². The summed E-state index contributed by atoms with van der Waals surface area (Å²) in [6.07, 6.45) is 7.54. The molecule has 0 aromatic carbocycles. The Labute approximate surface area is 169 Å². The fourth-order valence-corrected chi connectivity index (χ4v) is 4.29. The van der Waals surface area contributed by atoms with Crippen LogP contribution in [0.15, 0.2) is 0 Å². The van der Waals surface area contributed by atoms with Crippen LogP contribution in [0.5, 0.6) is 0 Å². The summed E-state index contributed by atoms with van der Waals surface area (Å²) in [5, 5.41) is 9.03. The third kappa shape index (κ3) is 6.47. The predicted molar refractivity (Wildman–Crippen MR) is 110 cm³/mol. The number of piperidine rings is 1. The fraction of sp³-hybridized carbons (Fsp3) is 0.857. The normalized spacial score (nSPS) is 25.2. The lowest BCUT2D eigenvalue weighted by Crippen LogP contribution is -2.54. The van der Waals surface area contributed by atoms with E-state index in [0.29, 0.717) is 13.1 Å². The number of hydrogen-bond donors (Lipinski definition) is 3. The number of rotatable bonds is 9. The number of carbonyl (C=O) groups excluding carboxylic acids is 3. The van der Waals surface area contributed by atoms with Crippen molar-refractivity contribution in [1.82, 2.24) is 20.9 Å². The fourth-order valence-electron chi connectivity index (χ4n) is 4.29. The van der Waals surface area contributed by atoms with Crippen LogP contribution in [0.3, 0.4) is 0 Å². The van der Waals surface area contributed by atoms with E-state index in [4.69, 9.17) is 0 Å². The van der Waals surface area contributed by atoms with Crippen molar-refractivity contribution in [2.75, 3.05) is 33.2 Å². The Morgan fingerprint density at radius 3 is 2.21 bits per heavy atom. The first kappa shape index (κ1) is 22.7. The van der Waals surface area contributed by atoms with Gasteiger partial charge in [0.05, 0.1) is 0 Å². The molecule has 3 amide bonds. The van der Waals surface area contributed by atoms with Crippen LogP contribution in [-0.4, -0.2) is 61.9 Å². The minimum atomic E-state index is -0.332. The lowest BCUT2D eigenvalue weighted by molar-refractivity contribution is -0.147. The summed E-state index contributed by atoms with van der Waals surface area (Å²) in [7, 11) is 1.89. The molecule has 2 fully saturated rings. The third-order valence-electron chi connectivity index (χ3n) is 5.99.